The number of carbonyl (C=O) groups is 1. The number of hydrogen-bond donors (Lipinski definition) is 1. The van der Waals surface area contributed by atoms with Crippen LogP contribution in [0.3, 0.4) is 0 Å². The molecule has 0 aromatic carbocycles. The third-order valence-corrected chi connectivity index (χ3v) is 4.61. The molecule has 28 heavy (non-hydrogen) atoms. The summed E-state index contributed by atoms with van der Waals surface area (Å²) in [6.07, 6.45) is 3.85. The van der Waals surface area contributed by atoms with E-state index < -0.39 is 0 Å². The van der Waals surface area contributed by atoms with E-state index in [1.807, 2.05) is 25.1 Å². The number of piperidine rings is 1. The minimum Gasteiger partial charge on any atom is -0.466 e. The Morgan fingerprint density at radius 2 is 2.21 bits per heavy atom. The number of esters is 1. The fourth-order valence-electron chi connectivity index (χ4n) is 3.15. The monoisotopic (exact) mass is 386 g/mol. The molecule has 0 amide bonds. The third-order valence-electron chi connectivity index (χ3n) is 4.61. The minimum absolute atomic E-state index is 0.0151. The average Bonchev–Trinajstić information content (AvgIpc) is 3.21. The van der Waals surface area contributed by atoms with Crippen LogP contribution in [0.4, 0.5) is 0 Å². The van der Waals surface area contributed by atoms with Crippen molar-refractivity contribution in [1.82, 2.24) is 25.3 Å². The Labute approximate surface area is 164 Å². The van der Waals surface area contributed by atoms with Gasteiger partial charge in [0.25, 0.3) is 5.89 Å². The van der Waals surface area contributed by atoms with Crippen LogP contribution in [-0.4, -0.2) is 65.2 Å². The first kappa shape index (κ1) is 19.8. The van der Waals surface area contributed by atoms with Crippen molar-refractivity contribution in [2.24, 2.45) is 10.9 Å². The largest absolute Gasteiger partial charge is 0.466 e. The molecule has 0 saturated carbocycles. The molecule has 0 atom stereocenters. The zero-order chi connectivity index (χ0) is 19.8. The molecule has 0 unspecified atom stereocenters. The number of likely N-dealkylation sites (tertiary alicyclic amines) is 1. The van der Waals surface area contributed by atoms with E-state index >= 15 is 0 Å². The summed E-state index contributed by atoms with van der Waals surface area (Å²) in [4.78, 5) is 26.9. The van der Waals surface area contributed by atoms with Gasteiger partial charge in [0, 0.05) is 39.3 Å². The van der Waals surface area contributed by atoms with Crippen LogP contribution in [0.1, 0.15) is 25.6 Å². The van der Waals surface area contributed by atoms with Crippen molar-refractivity contribution in [1.29, 1.82) is 0 Å². The second kappa shape index (κ2) is 9.82. The van der Waals surface area contributed by atoms with Gasteiger partial charge in [0.05, 0.1) is 12.5 Å². The molecule has 2 aromatic rings. The third kappa shape index (κ3) is 5.05. The fraction of sp³-hybridized carbons (Fsp3) is 0.526. The number of guanidine groups is 1. The second-order valence-electron chi connectivity index (χ2n) is 6.47. The number of aliphatic imine (C=N–C) groups is 1. The normalized spacial score (nSPS) is 15.5. The summed E-state index contributed by atoms with van der Waals surface area (Å²) in [5.41, 5.74) is 0.662. The lowest BCUT2D eigenvalue weighted by molar-refractivity contribution is -0.149. The van der Waals surface area contributed by atoms with Gasteiger partial charge in [-0.15, -0.1) is 0 Å². The number of pyridine rings is 1. The molecule has 9 heteroatoms. The van der Waals surface area contributed by atoms with E-state index in [-0.39, 0.29) is 11.9 Å². The summed E-state index contributed by atoms with van der Waals surface area (Å²) in [6, 6.07) is 5.55. The highest BCUT2D eigenvalue weighted by molar-refractivity contribution is 5.80. The molecular formula is C19H26N6O3. The van der Waals surface area contributed by atoms with Crippen molar-refractivity contribution in [3.63, 3.8) is 0 Å². The Balaban J connectivity index is 1.45. The van der Waals surface area contributed by atoms with Gasteiger partial charge in [-0.3, -0.25) is 14.8 Å². The molecular weight excluding hydrogens is 360 g/mol. The summed E-state index contributed by atoms with van der Waals surface area (Å²) < 4.78 is 10.4. The van der Waals surface area contributed by atoms with Gasteiger partial charge in [-0.25, -0.2) is 0 Å². The van der Waals surface area contributed by atoms with Gasteiger partial charge in [0.2, 0.25) is 0 Å². The van der Waals surface area contributed by atoms with E-state index in [4.69, 9.17) is 9.26 Å². The smallest absolute Gasteiger partial charge is 0.309 e. The van der Waals surface area contributed by atoms with Crippen LogP contribution < -0.4 is 5.32 Å². The zero-order valence-corrected chi connectivity index (χ0v) is 16.3. The van der Waals surface area contributed by atoms with Crippen LogP contribution in [0.25, 0.3) is 11.6 Å². The van der Waals surface area contributed by atoms with Gasteiger partial charge in [-0.1, -0.05) is 11.2 Å². The Morgan fingerprint density at radius 3 is 2.89 bits per heavy atom. The second-order valence-corrected chi connectivity index (χ2v) is 6.47. The lowest BCUT2D eigenvalue weighted by Crippen LogP contribution is -2.47. The molecule has 0 aliphatic carbocycles. The molecule has 3 heterocycles. The van der Waals surface area contributed by atoms with Crippen LogP contribution in [0.2, 0.25) is 0 Å². The number of carbonyl (C=O) groups excluding carboxylic acids is 1. The molecule has 0 radical (unpaired) electrons. The van der Waals surface area contributed by atoms with Gasteiger partial charge in [0.1, 0.15) is 5.69 Å². The molecule has 150 valence electrons. The maximum Gasteiger partial charge on any atom is 0.309 e. The maximum atomic E-state index is 11.9. The molecule has 9 nitrogen and oxygen atoms in total. The summed E-state index contributed by atoms with van der Waals surface area (Å²) in [6.45, 7) is 4.44. The topological polar surface area (TPSA) is 106 Å². The Bertz CT molecular complexity index is 784. The van der Waals surface area contributed by atoms with Crippen molar-refractivity contribution in [3.8, 4) is 11.6 Å². The summed E-state index contributed by atoms with van der Waals surface area (Å²) in [5.74, 6) is 1.74. The Hall–Kier alpha value is -2.97. The summed E-state index contributed by atoms with van der Waals surface area (Å²) in [7, 11) is 1.76. The van der Waals surface area contributed by atoms with E-state index in [0.717, 1.165) is 31.9 Å². The number of hydrogen-bond acceptors (Lipinski definition) is 7. The maximum absolute atomic E-state index is 11.9. The Kier molecular flexibility index (Phi) is 6.94. The highest BCUT2D eigenvalue weighted by Gasteiger charge is 2.27. The Morgan fingerprint density at radius 1 is 1.39 bits per heavy atom. The van der Waals surface area contributed by atoms with Crippen LogP contribution in [0.5, 0.6) is 0 Å². The van der Waals surface area contributed by atoms with E-state index in [1.54, 1.807) is 13.2 Å². The lowest BCUT2D eigenvalue weighted by atomic mass is 9.97. The van der Waals surface area contributed by atoms with E-state index in [2.05, 4.69) is 30.3 Å². The molecule has 1 aliphatic rings. The first-order valence-corrected chi connectivity index (χ1v) is 9.57. The molecule has 3 rings (SSSR count). The predicted molar refractivity (Wildman–Crippen MR) is 104 cm³/mol. The number of nitrogens with one attached hydrogen (secondary N) is 1. The summed E-state index contributed by atoms with van der Waals surface area (Å²) >= 11 is 0. The zero-order valence-electron chi connectivity index (χ0n) is 16.3. The molecule has 1 fully saturated rings. The molecule has 0 bridgehead atoms. The first-order valence-electron chi connectivity index (χ1n) is 9.57. The molecule has 1 aliphatic heterocycles. The number of aromatic nitrogens is 3. The van der Waals surface area contributed by atoms with E-state index in [1.165, 1.54) is 0 Å². The first-order chi connectivity index (χ1) is 13.7. The molecule has 1 saturated heterocycles. The average molecular weight is 386 g/mol. The lowest BCUT2D eigenvalue weighted by Gasteiger charge is -2.33. The number of ether oxygens (including phenoxy) is 1. The van der Waals surface area contributed by atoms with Gasteiger partial charge >= 0.3 is 5.97 Å². The van der Waals surface area contributed by atoms with Crippen LogP contribution in [0, 0.1) is 5.92 Å². The predicted octanol–water partition coefficient (Wildman–Crippen LogP) is 1.52. The van der Waals surface area contributed by atoms with Crippen molar-refractivity contribution in [2.75, 3.05) is 33.3 Å². The van der Waals surface area contributed by atoms with Gasteiger partial charge in [-0.05, 0) is 31.9 Å². The van der Waals surface area contributed by atoms with Crippen molar-refractivity contribution in [3.05, 3.63) is 30.2 Å². The van der Waals surface area contributed by atoms with Crippen molar-refractivity contribution in [2.45, 2.75) is 26.2 Å². The highest BCUT2D eigenvalue weighted by Crippen LogP contribution is 2.19. The van der Waals surface area contributed by atoms with E-state index in [9.17, 15) is 4.79 Å². The highest BCUT2D eigenvalue weighted by atomic mass is 16.5. The molecule has 2 aromatic heterocycles. The van der Waals surface area contributed by atoms with Crippen LogP contribution in [-0.2, 0) is 16.0 Å². The van der Waals surface area contributed by atoms with Gasteiger partial charge in [-0.2, -0.15) is 4.98 Å². The number of nitrogens with zero attached hydrogens (tertiary/aromatic N) is 5. The van der Waals surface area contributed by atoms with Crippen LogP contribution in [0.15, 0.2) is 33.9 Å². The van der Waals surface area contributed by atoms with Gasteiger partial charge < -0.3 is 19.5 Å². The quantitative estimate of drug-likeness (QED) is 0.453. The summed E-state index contributed by atoms with van der Waals surface area (Å²) in [5, 5.41) is 7.33. The standard InChI is InChI=1S/C19H26N6O3/c1-3-27-18(26)14-8-12-25(13-9-14)19(20-2)22-11-7-16-23-17(28-24-16)15-6-4-5-10-21-15/h4-6,10,14H,3,7-9,11-13H2,1-2H3,(H,20,22). The molecule has 1 N–H and O–H groups in total. The number of rotatable bonds is 6. The fourth-order valence-corrected chi connectivity index (χ4v) is 3.15. The van der Waals surface area contributed by atoms with Crippen LogP contribution >= 0.6 is 0 Å². The molecule has 0 spiro atoms. The minimum atomic E-state index is -0.0917. The van der Waals surface area contributed by atoms with E-state index in [0.29, 0.717) is 37.0 Å². The van der Waals surface area contributed by atoms with Gasteiger partial charge in [0.15, 0.2) is 11.8 Å². The van der Waals surface area contributed by atoms with Crippen molar-refractivity contribution >= 4 is 11.9 Å². The SMILES string of the molecule is CCOC(=O)C1CCN(C(=NC)NCCc2noc(-c3ccccn3)n2)CC1. The van der Waals surface area contributed by atoms with Crippen molar-refractivity contribution < 1.29 is 14.1 Å².